The van der Waals surface area contributed by atoms with Crippen molar-refractivity contribution in [2.75, 3.05) is 19.1 Å². The predicted octanol–water partition coefficient (Wildman–Crippen LogP) is 5.71. The number of likely N-dealkylation sites (tertiary alicyclic amines) is 1. The van der Waals surface area contributed by atoms with Gasteiger partial charge in [-0.1, -0.05) is 5.21 Å². The summed E-state index contributed by atoms with van der Waals surface area (Å²) in [4.78, 5) is 24.4. The number of aromatic nitrogens is 5. The van der Waals surface area contributed by atoms with E-state index in [1.807, 2.05) is 23.1 Å². The van der Waals surface area contributed by atoms with Gasteiger partial charge >= 0.3 is 0 Å². The number of carbonyl (C=O) groups excluding carboxylic acids is 1. The summed E-state index contributed by atoms with van der Waals surface area (Å²) < 4.78 is 41.2. The van der Waals surface area contributed by atoms with Gasteiger partial charge in [-0.2, -0.15) is 0 Å². The van der Waals surface area contributed by atoms with E-state index < -0.39 is 17.0 Å². The lowest BCUT2D eigenvalue weighted by atomic mass is 9.82. The van der Waals surface area contributed by atoms with E-state index in [9.17, 15) is 13.6 Å². The van der Waals surface area contributed by atoms with Crippen molar-refractivity contribution in [2.24, 2.45) is 5.41 Å². The van der Waals surface area contributed by atoms with Crippen molar-refractivity contribution in [3.8, 4) is 34.0 Å². The van der Waals surface area contributed by atoms with Crippen LogP contribution in [-0.4, -0.2) is 49.1 Å². The zero-order chi connectivity index (χ0) is 29.5. The Balaban J connectivity index is 1.02. The largest absolute Gasteiger partial charge is 0.454 e. The van der Waals surface area contributed by atoms with Crippen molar-refractivity contribution in [3.63, 3.8) is 0 Å². The van der Waals surface area contributed by atoms with E-state index in [4.69, 9.17) is 20.2 Å². The third kappa shape index (κ3) is 4.00. The number of rotatable bonds is 5. The molecule has 2 saturated carbocycles. The van der Waals surface area contributed by atoms with Crippen molar-refractivity contribution in [3.05, 3.63) is 58.6 Å². The number of halogens is 3. The first-order valence-electron chi connectivity index (χ1n) is 14.4. The highest BCUT2D eigenvalue weighted by molar-refractivity contribution is 9.10. The van der Waals surface area contributed by atoms with Gasteiger partial charge in [0.1, 0.15) is 17.3 Å². The summed E-state index contributed by atoms with van der Waals surface area (Å²) in [6.45, 7) is 0.902. The summed E-state index contributed by atoms with van der Waals surface area (Å²) in [7, 11) is 0. The van der Waals surface area contributed by atoms with Crippen LogP contribution in [0.5, 0.6) is 11.5 Å². The topological polar surface area (TPSA) is 124 Å². The number of nitrogens with two attached hydrogens (primary N) is 1. The molecule has 13 heteroatoms. The first-order chi connectivity index (χ1) is 20.8. The molecule has 2 aliphatic heterocycles. The zero-order valence-electron chi connectivity index (χ0n) is 23.1. The number of hydrogen-bond donors (Lipinski definition) is 2. The molecule has 222 valence electrons. The van der Waals surface area contributed by atoms with Gasteiger partial charge in [0.05, 0.1) is 45.2 Å². The number of nitrogens with zero attached hydrogens (tertiary/aromatic N) is 5. The van der Waals surface area contributed by atoms with Gasteiger partial charge < -0.3 is 25.1 Å². The van der Waals surface area contributed by atoms with Gasteiger partial charge in [-0.15, -0.1) is 5.10 Å². The van der Waals surface area contributed by atoms with Crippen LogP contribution >= 0.6 is 15.9 Å². The number of nitrogens with one attached hydrogen (secondary N) is 1. The first kappa shape index (κ1) is 26.6. The predicted molar refractivity (Wildman–Crippen MR) is 155 cm³/mol. The quantitative estimate of drug-likeness (QED) is 0.209. The van der Waals surface area contributed by atoms with Crippen LogP contribution in [0.4, 0.5) is 14.5 Å². The summed E-state index contributed by atoms with van der Waals surface area (Å²) in [5.74, 6) is 0.744. The standard InChI is InChI=1S/C30H28BrF2N7O3/c31-24-18(32)11-17(26(34)25(24)33)20-13-40(38-37-20)30-7-5-29(14-30,6-8-30)28(41)39-9-1-2-21(39)27-35-12-19(36-27)16-3-4-22-23(10-16)43-15-42-22/h3-4,10-13,21H,1-2,5-9,14-15,34H2,(H,35,36). The minimum Gasteiger partial charge on any atom is -0.454 e. The van der Waals surface area contributed by atoms with Gasteiger partial charge in [-0.05, 0) is 85.1 Å². The SMILES string of the molecule is Nc1c(-c2cn(C34CCC(C(=O)N5CCCC5c5ncc(-c6ccc7c(c6)OCO7)[nH]5)(CC3)C4)nn2)cc(F)c(Br)c1F. The van der Waals surface area contributed by atoms with Gasteiger partial charge in [0.2, 0.25) is 12.7 Å². The number of H-pyrrole nitrogens is 1. The number of ether oxygens (including phenoxy) is 2. The fraction of sp³-hybridized carbons (Fsp3) is 0.400. The molecule has 3 fully saturated rings. The fourth-order valence-corrected chi connectivity index (χ4v) is 7.86. The Labute approximate surface area is 253 Å². The molecule has 8 rings (SSSR count). The highest BCUT2D eigenvalue weighted by atomic mass is 79.9. The van der Waals surface area contributed by atoms with E-state index in [0.717, 1.165) is 67.4 Å². The lowest BCUT2D eigenvalue weighted by molar-refractivity contribution is -0.142. The van der Waals surface area contributed by atoms with Crippen molar-refractivity contribution >= 4 is 27.5 Å². The van der Waals surface area contributed by atoms with Crippen LogP contribution in [0.25, 0.3) is 22.5 Å². The summed E-state index contributed by atoms with van der Waals surface area (Å²) in [6.07, 6.45) is 8.93. The molecule has 43 heavy (non-hydrogen) atoms. The molecule has 10 nitrogen and oxygen atoms in total. The number of benzene rings is 2. The Kier molecular flexibility index (Phi) is 5.88. The van der Waals surface area contributed by atoms with E-state index in [-0.39, 0.29) is 40.0 Å². The van der Waals surface area contributed by atoms with Crippen LogP contribution in [0, 0.1) is 17.0 Å². The molecule has 0 radical (unpaired) electrons. The average Bonchev–Trinajstić information content (AvgIpc) is 3.86. The highest BCUT2D eigenvalue weighted by Gasteiger charge is 2.61. The molecule has 2 aromatic heterocycles. The molecule has 1 saturated heterocycles. The number of aromatic amines is 1. The summed E-state index contributed by atoms with van der Waals surface area (Å²) in [5.41, 5.74) is 7.13. The zero-order valence-corrected chi connectivity index (χ0v) is 24.7. The highest BCUT2D eigenvalue weighted by Crippen LogP contribution is 2.61. The Bertz CT molecular complexity index is 1780. The molecule has 4 aliphatic rings. The van der Waals surface area contributed by atoms with Gasteiger partial charge in [-0.3, -0.25) is 4.79 Å². The maximum atomic E-state index is 14.4. The monoisotopic (exact) mass is 651 g/mol. The van der Waals surface area contributed by atoms with E-state index in [1.54, 1.807) is 17.1 Å². The van der Waals surface area contributed by atoms with Crippen LogP contribution in [0.15, 0.2) is 41.1 Å². The van der Waals surface area contributed by atoms with Crippen molar-refractivity contribution in [2.45, 2.75) is 56.5 Å². The average molecular weight is 653 g/mol. The van der Waals surface area contributed by atoms with Crippen molar-refractivity contribution in [1.82, 2.24) is 29.9 Å². The Morgan fingerprint density at radius 2 is 1.95 bits per heavy atom. The number of imidazole rings is 1. The summed E-state index contributed by atoms with van der Waals surface area (Å²) in [5, 5.41) is 8.59. The second-order valence-electron chi connectivity index (χ2n) is 12.1. The van der Waals surface area contributed by atoms with Crippen LogP contribution in [0.3, 0.4) is 0 Å². The van der Waals surface area contributed by atoms with Gasteiger partial charge in [-0.25, -0.2) is 18.4 Å². The third-order valence-electron chi connectivity index (χ3n) is 9.82. The molecule has 1 amide bonds. The van der Waals surface area contributed by atoms with Crippen LogP contribution < -0.4 is 15.2 Å². The molecule has 4 aromatic rings. The first-order valence-corrected chi connectivity index (χ1v) is 15.2. The van der Waals surface area contributed by atoms with Gasteiger partial charge in [0.25, 0.3) is 0 Å². The molecule has 1 atom stereocenters. The third-order valence-corrected chi connectivity index (χ3v) is 10.5. The molecule has 2 bridgehead atoms. The maximum absolute atomic E-state index is 14.4. The van der Waals surface area contributed by atoms with Crippen LogP contribution in [-0.2, 0) is 10.3 Å². The second-order valence-corrected chi connectivity index (χ2v) is 12.9. The molecular formula is C30H28BrF2N7O3. The molecule has 1 unspecified atom stereocenters. The van der Waals surface area contributed by atoms with E-state index >= 15 is 0 Å². The van der Waals surface area contributed by atoms with Crippen molar-refractivity contribution < 1.29 is 23.0 Å². The molecule has 0 spiro atoms. The molecule has 2 aromatic carbocycles. The van der Waals surface area contributed by atoms with E-state index in [0.29, 0.717) is 24.4 Å². The lowest BCUT2D eigenvalue weighted by Gasteiger charge is -2.33. The van der Waals surface area contributed by atoms with E-state index in [2.05, 4.69) is 31.2 Å². The summed E-state index contributed by atoms with van der Waals surface area (Å²) in [6, 6.07) is 6.82. The molecule has 2 aliphatic carbocycles. The number of amides is 1. The molecule has 4 heterocycles. The van der Waals surface area contributed by atoms with Crippen LogP contribution in [0.2, 0.25) is 0 Å². The number of anilines is 1. The maximum Gasteiger partial charge on any atom is 0.231 e. The van der Waals surface area contributed by atoms with Crippen LogP contribution in [0.1, 0.15) is 56.8 Å². The molecular weight excluding hydrogens is 624 g/mol. The van der Waals surface area contributed by atoms with Crippen molar-refractivity contribution in [1.29, 1.82) is 0 Å². The second kappa shape index (κ2) is 9.50. The fourth-order valence-electron chi connectivity index (χ4n) is 7.53. The Morgan fingerprint density at radius 1 is 1.14 bits per heavy atom. The van der Waals surface area contributed by atoms with Gasteiger partial charge in [0, 0.05) is 17.7 Å². The number of hydrogen-bond acceptors (Lipinski definition) is 7. The minimum absolute atomic E-state index is 0.122. The normalized spacial score (nSPS) is 25.7. The van der Waals surface area contributed by atoms with E-state index in [1.165, 1.54) is 0 Å². The lowest BCUT2D eigenvalue weighted by Crippen LogP contribution is -2.41. The smallest absolute Gasteiger partial charge is 0.231 e. The number of nitrogen functional groups attached to an aromatic ring is 1. The Morgan fingerprint density at radius 3 is 2.79 bits per heavy atom. The summed E-state index contributed by atoms with van der Waals surface area (Å²) >= 11 is 2.89. The number of fused-ring (bicyclic) bond motifs is 3. The number of carbonyl (C=O) groups is 1. The molecule has 3 N–H and O–H groups in total. The minimum atomic E-state index is -0.867. The Hall–Kier alpha value is -4.00. The van der Waals surface area contributed by atoms with Gasteiger partial charge in [0.15, 0.2) is 17.3 Å².